The van der Waals surface area contributed by atoms with Crippen molar-refractivity contribution < 1.29 is 13.2 Å². The average molecular weight is 321 g/mol. The van der Waals surface area contributed by atoms with Gasteiger partial charge in [-0.25, -0.2) is 0 Å². The monoisotopic (exact) mass is 321 g/mol. The maximum absolute atomic E-state index is 12.8. The van der Waals surface area contributed by atoms with Crippen molar-refractivity contribution in [1.29, 1.82) is 0 Å². The molecule has 0 radical (unpaired) electrons. The summed E-state index contributed by atoms with van der Waals surface area (Å²) < 4.78 is 38.5. The van der Waals surface area contributed by atoms with E-state index in [1.54, 1.807) is 6.07 Å². The molecule has 23 heavy (non-hydrogen) atoms. The van der Waals surface area contributed by atoms with Gasteiger partial charge in [0.15, 0.2) is 0 Å². The van der Waals surface area contributed by atoms with Crippen molar-refractivity contribution >= 4 is 0 Å². The van der Waals surface area contributed by atoms with Crippen molar-refractivity contribution in [2.24, 2.45) is 0 Å². The molecule has 0 spiro atoms. The molecule has 0 amide bonds. The van der Waals surface area contributed by atoms with Gasteiger partial charge in [0.25, 0.3) is 0 Å². The zero-order valence-electron chi connectivity index (χ0n) is 13.5. The van der Waals surface area contributed by atoms with E-state index in [1.807, 2.05) is 32.0 Å². The lowest BCUT2D eigenvalue weighted by molar-refractivity contribution is -0.137. The van der Waals surface area contributed by atoms with E-state index in [1.165, 1.54) is 17.7 Å². The normalized spacial score (nSPS) is 12.4. The highest BCUT2D eigenvalue weighted by atomic mass is 19.4. The minimum absolute atomic E-state index is 0.502. The predicted molar refractivity (Wildman–Crippen MR) is 87.2 cm³/mol. The molecule has 1 nitrogen and oxygen atoms in total. The largest absolute Gasteiger partial charge is 0.416 e. The third-order valence-corrected chi connectivity index (χ3v) is 3.96. The highest BCUT2D eigenvalue weighted by Gasteiger charge is 2.32. The minimum atomic E-state index is -4.31. The van der Waals surface area contributed by atoms with Gasteiger partial charge in [-0.1, -0.05) is 42.5 Å². The zero-order valence-corrected chi connectivity index (χ0v) is 13.5. The smallest absolute Gasteiger partial charge is 0.308 e. The van der Waals surface area contributed by atoms with Crippen molar-refractivity contribution in [2.45, 2.75) is 38.4 Å². The summed E-state index contributed by atoms with van der Waals surface area (Å²) in [5.74, 6) is 0. The maximum Gasteiger partial charge on any atom is 0.416 e. The molecule has 2 aromatic carbocycles. The first-order valence-corrected chi connectivity index (χ1v) is 7.76. The van der Waals surface area contributed by atoms with Crippen LogP contribution in [0.5, 0.6) is 0 Å². The SMILES string of the molecule is CC(C)(NCCCc1ccccc1)c1cccc(C(F)(F)F)c1. The van der Waals surface area contributed by atoms with E-state index in [0.717, 1.165) is 25.5 Å². The Bertz CT molecular complexity index is 618. The van der Waals surface area contributed by atoms with E-state index in [9.17, 15) is 13.2 Å². The van der Waals surface area contributed by atoms with E-state index in [2.05, 4.69) is 17.4 Å². The zero-order chi connectivity index (χ0) is 16.9. The number of hydrogen-bond donors (Lipinski definition) is 1. The number of halogens is 3. The molecule has 2 rings (SSSR count). The molecule has 0 aliphatic carbocycles. The van der Waals surface area contributed by atoms with Gasteiger partial charge in [0.05, 0.1) is 5.56 Å². The van der Waals surface area contributed by atoms with Gasteiger partial charge in [-0.3, -0.25) is 0 Å². The Morgan fingerprint density at radius 2 is 1.52 bits per heavy atom. The van der Waals surface area contributed by atoms with E-state index < -0.39 is 17.3 Å². The van der Waals surface area contributed by atoms with Crippen LogP contribution in [0.25, 0.3) is 0 Å². The molecule has 0 atom stereocenters. The fraction of sp³-hybridized carbons (Fsp3) is 0.368. The molecule has 0 unspecified atom stereocenters. The second-order valence-corrected chi connectivity index (χ2v) is 6.22. The Labute approximate surface area is 135 Å². The van der Waals surface area contributed by atoms with Gasteiger partial charge in [-0.2, -0.15) is 13.2 Å². The fourth-order valence-electron chi connectivity index (χ4n) is 2.52. The van der Waals surface area contributed by atoms with Crippen LogP contribution in [0.1, 0.15) is 37.0 Å². The van der Waals surface area contributed by atoms with Crippen molar-refractivity contribution in [3.63, 3.8) is 0 Å². The number of alkyl halides is 3. The topological polar surface area (TPSA) is 12.0 Å². The van der Waals surface area contributed by atoms with Gasteiger partial charge < -0.3 is 5.32 Å². The molecule has 0 saturated carbocycles. The van der Waals surface area contributed by atoms with Gasteiger partial charge >= 0.3 is 6.18 Å². The molecule has 0 aromatic heterocycles. The number of hydrogen-bond acceptors (Lipinski definition) is 1. The van der Waals surface area contributed by atoms with Gasteiger partial charge in [0, 0.05) is 5.54 Å². The summed E-state index contributed by atoms with van der Waals surface area (Å²) in [6, 6.07) is 15.7. The van der Waals surface area contributed by atoms with Crippen molar-refractivity contribution in [3.8, 4) is 0 Å². The molecule has 0 saturated heterocycles. The third-order valence-electron chi connectivity index (χ3n) is 3.96. The van der Waals surface area contributed by atoms with Crippen LogP contribution in [0, 0.1) is 0 Å². The summed E-state index contributed by atoms with van der Waals surface area (Å²) in [7, 11) is 0. The van der Waals surface area contributed by atoms with E-state index in [0.29, 0.717) is 5.56 Å². The molecule has 0 bridgehead atoms. The third kappa shape index (κ3) is 5.10. The van der Waals surface area contributed by atoms with E-state index >= 15 is 0 Å². The molecule has 2 aromatic rings. The first kappa shape index (κ1) is 17.5. The first-order chi connectivity index (χ1) is 10.8. The molecular formula is C19H22F3N. The predicted octanol–water partition coefficient (Wildman–Crippen LogP) is 5.16. The summed E-state index contributed by atoms with van der Waals surface area (Å²) >= 11 is 0. The maximum atomic E-state index is 12.8. The van der Waals surface area contributed by atoms with E-state index in [-0.39, 0.29) is 0 Å². The molecule has 4 heteroatoms. The van der Waals surface area contributed by atoms with Crippen LogP contribution in [-0.4, -0.2) is 6.54 Å². The quantitative estimate of drug-likeness (QED) is 0.724. The van der Waals surface area contributed by atoms with Crippen LogP contribution in [0.3, 0.4) is 0 Å². The lowest BCUT2D eigenvalue weighted by Gasteiger charge is -2.28. The van der Waals surface area contributed by atoms with Crippen LogP contribution in [-0.2, 0) is 18.1 Å². The minimum Gasteiger partial charge on any atom is -0.308 e. The Morgan fingerprint density at radius 3 is 2.17 bits per heavy atom. The highest BCUT2D eigenvalue weighted by molar-refractivity contribution is 5.30. The Kier molecular flexibility index (Phi) is 5.47. The molecule has 0 aliphatic rings. The fourth-order valence-corrected chi connectivity index (χ4v) is 2.52. The Hall–Kier alpha value is -1.81. The summed E-state index contributed by atoms with van der Waals surface area (Å²) in [6.07, 6.45) is -2.42. The average Bonchev–Trinajstić information content (AvgIpc) is 2.52. The van der Waals surface area contributed by atoms with Crippen LogP contribution in [0.4, 0.5) is 13.2 Å². The molecule has 0 aliphatic heterocycles. The molecule has 0 fully saturated rings. The van der Waals surface area contributed by atoms with Crippen molar-refractivity contribution in [2.75, 3.05) is 6.54 Å². The molecular weight excluding hydrogens is 299 g/mol. The van der Waals surface area contributed by atoms with Crippen molar-refractivity contribution in [3.05, 3.63) is 71.3 Å². The van der Waals surface area contributed by atoms with E-state index in [4.69, 9.17) is 0 Å². The second kappa shape index (κ2) is 7.18. The van der Waals surface area contributed by atoms with Crippen molar-refractivity contribution in [1.82, 2.24) is 5.32 Å². The van der Waals surface area contributed by atoms with Gasteiger partial charge in [0.2, 0.25) is 0 Å². The Balaban J connectivity index is 1.93. The van der Waals surface area contributed by atoms with Gasteiger partial charge in [-0.15, -0.1) is 0 Å². The highest BCUT2D eigenvalue weighted by Crippen LogP contribution is 2.32. The molecule has 124 valence electrons. The second-order valence-electron chi connectivity index (χ2n) is 6.22. The number of aryl methyl sites for hydroxylation is 1. The summed E-state index contributed by atoms with van der Waals surface area (Å²) in [5, 5.41) is 3.36. The van der Waals surface area contributed by atoms with Gasteiger partial charge in [-0.05, 0) is 56.5 Å². The summed E-state index contributed by atoms with van der Waals surface area (Å²) in [6.45, 7) is 4.56. The standard InChI is InChI=1S/C19H22F3N/c1-18(2,16-11-6-12-17(14-16)19(20,21)22)23-13-7-10-15-8-4-3-5-9-15/h3-6,8-9,11-12,14,23H,7,10,13H2,1-2H3. The lowest BCUT2D eigenvalue weighted by Crippen LogP contribution is -2.37. The van der Waals surface area contributed by atoms with Crippen LogP contribution in [0.2, 0.25) is 0 Å². The number of nitrogens with one attached hydrogen (secondary N) is 1. The van der Waals surface area contributed by atoms with Crippen LogP contribution in [0.15, 0.2) is 54.6 Å². The first-order valence-electron chi connectivity index (χ1n) is 7.76. The number of benzene rings is 2. The number of rotatable bonds is 6. The summed E-state index contributed by atoms with van der Waals surface area (Å²) in [4.78, 5) is 0. The molecule has 1 N–H and O–H groups in total. The summed E-state index contributed by atoms with van der Waals surface area (Å²) in [5.41, 5.74) is 0.810. The van der Waals surface area contributed by atoms with Crippen LogP contribution >= 0.6 is 0 Å². The van der Waals surface area contributed by atoms with Gasteiger partial charge in [0.1, 0.15) is 0 Å². The molecule has 0 heterocycles. The Morgan fingerprint density at radius 1 is 0.870 bits per heavy atom. The van der Waals surface area contributed by atoms with Crippen LogP contribution < -0.4 is 5.32 Å². The lowest BCUT2D eigenvalue weighted by atomic mass is 9.92.